The number of aliphatic hydroxyl groups excluding tert-OH is 1. The lowest BCUT2D eigenvalue weighted by atomic mass is 9.92. The molecule has 1 aromatic heterocycles. The number of hydrogen-bond acceptors (Lipinski definition) is 5. The molecule has 1 atom stereocenters. The van der Waals surface area contributed by atoms with Crippen molar-refractivity contribution in [2.45, 2.75) is 18.6 Å². The average Bonchev–Trinajstić information content (AvgIpc) is 2.98. The van der Waals surface area contributed by atoms with E-state index in [1.807, 2.05) is 0 Å². The molecular formula is C21H19F3N2O4. The highest BCUT2D eigenvalue weighted by molar-refractivity contribution is 6.16. The molecule has 1 aromatic carbocycles. The van der Waals surface area contributed by atoms with Crippen molar-refractivity contribution in [1.82, 2.24) is 9.88 Å². The number of carbonyl (C=O) groups excluding carboxylic acids is 2. The van der Waals surface area contributed by atoms with Gasteiger partial charge >= 0.3 is 6.18 Å². The molecule has 2 heterocycles. The molecule has 3 rings (SSSR count). The summed E-state index contributed by atoms with van der Waals surface area (Å²) in [6, 6.07) is 6.18. The van der Waals surface area contributed by atoms with Crippen LogP contribution in [0.3, 0.4) is 0 Å². The van der Waals surface area contributed by atoms with Gasteiger partial charge in [-0.1, -0.05) is 12.1 Å². The van der Waals surface area contributed by atoms with Gasteiger partial charge in [-0.3, -0.25) is 14.6 Å². The summed E-state index contributed by atoms with van der Waals surface area (Å²) in [7, 11) is 1.49. The Bertz CT molecular complexity index is 956. The van der Waals surface area contributed by atoms with Crippen molar-refractivity contribution in [3.63, 3.8) is 0 Å². The van der Waals surface area contributed by atoms with E-state index in [-0.39, 0.29) is 23.2 Å². The number of benzene rings is 1. The van der Waals surface area contributed by atoms with Gasteiger partial charge in [-0.15, -0.1) is 0 Å². The molecule has 0 fully saturated rings. The van der Waals surface area contributed by atoms with Crippen LogP contribution in [0.4, 0.5) is 13.2 Å². The zero-order chi connectivity index (χ0) is 21.9. The minimum Gasteiger partial charge on any atom is -0.503 e. The zero-order valence-corrected chi connectivity index (χ0v) is 16.0. The molecule has 0 spiro atoms. The number of aromatic nitrogens is 1. The molecule has 30 heavy (non-hydrogen) atoms. The van der Waals surface area contributed by atoms with E-state index >= 15 is 0 Å². The van der Waals surface area contributed by atoms with Gasteiger partial charge in [0.2, 0.25) is 0 Å². The second kappa shape index (κ2) is 8.66. The monoisotopic (exact) mass is 420 g/mol. The van der Waals surface area contributed by atoms with E-state index in [1.165, 1.54) is 48.7 Å². The molecule has 0 saturated carbocycles. The maximum atomic E-state index is 13.0. The molecule has 0 aliphatic carbocycles. The Morgan fingerprint density at radius 2 is 1.93 bits per heavy atom. The van der Waals surface area contributed by atoms with Gasteiger partial charge < -0.3 is 14.7 Å². The van der Waals surface area contributed by atoms with Gasteiger partial charge in [0.1, 0.15) is 0 Å². The molecule has 6 nitrogen and oxygen atoms in total. The molecule has 1 aliphatic rings. The van der Waals surface area contributed by atoms with Crippen molar-refractivity contribution in [3.05, 3.63) is 76.8 Å². The van der Waals surface area contributed by atoms with E-state index < -0.39 is 35.2 Å². The first-order valence-corrected chi connectivity index (χ1v) is 9.10. The number of alkyl halides is 3. The SMILES string of the molecule is COCCCN1C(=O)C(O)=C(C(=O)c2cccnc2)C1c1ccc(C(F)(F)F)cc1. The lowest BCUT2D eigenvalue weighted by molar-refractivity contribution is -0.137. The Morgan fingerprint density at radius 1 is 1.23 bits per heavy atom. The number of Topliss-reactive ketones (excluding diaryl/α,β-unsaturated/α-hetero) is 1. The van der Waals surface area contributed by atoms with Crippen LogP contribution in [0.25, 0.3) is 0 Å². The van der Waals surface area contributed by atoms with E-state index in [9.17, 15) is 27.9 Å². The van der Waals surface area contributed by atoms with Crippen LogP contribution < -0.4 is 0 Å². The smallest absolute Gasteiger partial charge is 0.416 e. The molecule has 0 bridgehead atoms. The topological polar surface area (TPSA) is 79.7 Å². The highest BCUT2D eigenvalue weighted by Gasteiger charge is 2.43. The second-order valence-corrected chi connectivity index (χ2v) is 6.70. The van der Waals surface area contributed by atoms with Crippen LogP contribution >= 0.6 is 0 Å². The number of amides is 1. The summed E-state index contributed by atoms with van der Waals surface area (Å²) in [5.74, 6) is -2.09. The van der Waals surface area contributed by atoms with E-state index in [4.69, 9.17) is 4.74 Å². The highest BCUT2D eigenvalue weighted by Crippen LogP contribution is 2.40. The van der Waals surface area contributed by atoms with Crippen LogP contribution in [0.15, 0.2) is 60.1 Å². The maximum Gasteiger partial charge on any atom is 0.416 e. The summed E-state index contributed by atoms with van der Waals surface area (Å²) in [5.41, 5.74) is -0.604. The number of aliphatic hydroxyl groups is 1. The number of carbonyl (C=O) groups is 2. The number of ketones is 1. The standard InChI is InChI=1S/C21H19F3N2O4/c1-30-11-3-10-26-17(13-5-7-15(8-6-13)21(22,23)24)16(19(28)20(26)29)18(27)14-4-2-9-25-12-14/h2,4-9,12,17,28H,3,10-11H2,1H3. The number of nitrogens with zero attached hydrogens (tertiary/aromatic N) is 2. The van der Waals surface area contributed by atoms with E-state index in [1.54, 1.807) is 0 Å². The summed E-state index contributed by atoms with van der Waals surface area (Å²) in [4.78, 5) is 30.9. The van der Waals surface area contributed by atoms with Crippen LogP contribution in [0, 0.1) is 0 Å². The van der Waals surface area contributed by atoms with E-state index in [0.29, 0.717) is 13.0 Å². The summed E-state index contributed by atoms with van der Waals surface area (Å²) in [5, 5.41) is 10.5. The molecule has 0 radical (unpaired) electrons. The molecule has 158 valence electrons. The summed E-state index contributed by atoms with van der Waals surface area (Å²) < 4.78 is 43.8. The third-order valence-corrected chi connectivity index (χ3v) is 4.77. The molecule has 9 heteroatoms. The average molecular weight is 420 g/mol. The highest BCUT2D eigenvalue weighted by atomic mass is 19.4. The maximum absolute atomic E-state index is 13.0. The third-order valence-electron chi connectivity index (χ3n) is 4.77. The number of halogens is 3. The Labute approximate surface area is 170 Å². The first kappa shape index (κ1) is 21.5. The van der Waals surface area contributed by atoms with Gasteiger partial charge in [0.05, 0.1) is 17.2 Å². The van der Waals surface area contributed by atoms with Crippen molar-refractivity contribution in [2.75, 3.05) is 20.3 Å². The Balaban J connectivity index is 2.04. The number of rotatable bonds is 7. The number of methoxy groups -OCH3 is 1. The summed E-state index contributed by atoms with van der Waals surface area (Å²) in [6.45, 7) is 0.475. The van der Waals surface area contributed by atoms with Crippen LogP contribution in [-0.2, 0) is 15.7 Å². The fraction of sp³-hybridized carbons (Fsp3) is 0.286. The first-order valence-electron chi connectivity index (χ1n) is 9.10. The largest absolute Gasteiger partial charge is 0.503 e. The van der Waals surface area contributed by atoms with E-state index in [0.717, 1.165) is 12.1 Å². The van der Waals surface area contributed by atoms with Crippen molar-refractivity contribution >= 4 is 11.7 Å². The van der Waals surface area contributed by atoms with Crippen LogP contribution in [0.5, 0.6) is 0 Å². The van der Waals surface area contributed by atoms with Gasteiger partial charge in [-0.2, -0.15) is 13.2 Å². The predicted molar refractivity (Wildman–Crippen MR) is 101 cm³/mol. The van der Waals surface area contributed by atoms with Gasteiger partial charge in [-0.25, -0.2) is 0 Å². The predicted octanol–water partition coefficient (Wildman–Crippen LogP) is 3.72. The number of pyridine rings is 1. The van der Waals surface area contributed by atoms with E-state index in [2.05, 4.69) is 4.98 Å². The Hall–Kier alpha value is -3.20. The number of hydrogen-bond donors (Lipinski definition) is 1. The minimum atomic E-state index is -4.52. The van der Waals surface area contributed by atoms with Crippen LogP contribution in [-0.4, -0.2) is 46.9 Å². The fourth-order valence-corrected chi connectivity index (χ4v) is 3.35. The zero-order valence-electron chi connectivity index (χ0n) is 16.0. The molecule has 1 aliphatic heterocycles. The van der Waals surface area contributed by atoms with Crippen molar-refractivity contribution < 1.29 is 32.6 Å². The Morgan fingerprint density at radius 3 is 2.50 bits per heavy atom. The number of ether oxygens (including phenoxy) is 1. The van der Waals surface area contributed by atoms with Crippen LogP contribution in [0.1, 0.15) is 33.9 Å². The molecule has 0 saturated heterocycles. The molecular weight excluding hydrogens is 401 g/mol. The van der Waals surface area contributed by atoms with Gasteiger partial charge in [-0.05, 0) is 36.2 Å². The van der Waals surface area contributed by atoms with Gasteiger partial charge in [0.25, 0.3) is 5.91 Å². The normalized spacial score (nSPS) is 17.0. The third kappa shape index (κ3) is 4.20. The quantitative estimate of drug-likeness (QED) is 0.546. The molecule has 1 unspecified atom stereocenters. The molecule has 1 N–H and O–H groups in total. The molecule has 2 aromatic rings. The first-order chi connectivity index (χ1) is 14.3. The van der Waals surface area contributed by atoms with Gasteiger partial charge in [0.15, 0.2) is 11.5 Å². The van der Waals surface area contributed by atoms with Gasteiger partial charge in [0, 0.05) is 38.2 Å². The summed E-state index contributed by atoms with van der Waals surface area (Å²) >= 11 is 0. The second-order valence-electron chi connectivity index (χ2n) is 6.70. The molecule has 1 amide bonds. The van der Waals surface area contributed by atoms with Crippen molar-refractivity contribution in [2.24, 2.45) is 0 Å². The van der Waals surface area contributed by atoms with Crippen molar-refractivity contribution in [3.8, 4) is 0 Å². The lowest BCUT2D eigenvalue weighted by Gasteiger charge is -2.27. The fourth-order valence-electron chi connectivity index (χ4n) is 3.35. The van der Waals surface area contributed by atoms with Crippen LogP contribution in [0.2, 0.25) is 0 Å². The minimum absolute atomic E-state index is 0.145. The summed E-state index contributed by atoms with van der Waals surface area (Å²) in [6.07, 6.45) is -1.34. The van der Waals surface area contributed by atoms with Crippen molar-refractivity contribution in [1.29, 1.82) is 0 Å². The Kier molecular flexibility index (Phi) is 6.21. The lowest BCUT2D eigenvalue weighted by Crippen LogP contribution is -2.32.